The highest BCUT2D eigenvalue weighted by atomic mass is 16.1. The Balaban J connectivity index is 1.97. The number of hydrogen-bond donors (Lipinski definition) is 0. The smallest absolute Gasteiger partial charge is 0.169 e. The second-order valence-corrected chi connectivity index (χ2v) is 6.05. The summed E-state index contributed by atoms with van der Waals surface area (Å²) in [5, 5.41) is 0. The van der Waals surface area contributed by atoms with E-state index in [9.17, 15) is 9.59 Å². The van der Waals surface area contributed by atoms with E-state index in [1.165, 1.54) is 6.42 Å². The van der Waals surface area contributed by atoms with Gasteiger partial charge in [-0.25, -0.2) is 0 Å². The number of rotatable bonds is 2. The maximum Gasteiger partial charge on any atom is 0.169 e. The molecule has 3 rings (SSSR count). The molecule has 0 spiro atoms. The van der Waals surface area contributed by atoms with E-state index >= 15 is 0 Å². The molecule has 0 saturated heterocycles. The fourth-order valence-electron chi connectivity index (χ4n) is 4.00. The van der Waals surface area contributed by atoms with Crippen LogP contribution in [0.4, 0.5) is 0 Å². The Morgan fingerprint density at radius 1 is 1.11 bits per heavy atom. The van der Waals surface area contributed by atoms with Crippen LogP contribution in [0.5, 0.6) is 0 Å². The van der Waals surface area contributed by atoms with Gasteiger partial charge in [-0.1, -0.05) is 43.2 Å². The van der Waals surface area contributed by atoms with Gasteiger partial charge in [-0.3, -0.25) is 9.59 Å². The average molecular weight is 256 g/mol. The van der Waals surface area contributed by atoms with Gasteiger partial charge in [0.25, 0.3) is 0 Å². The Morgan fingerprint density at radius 3 is 2.68 bits per heavy atom. The van der Waals surface area contributed by atoms with Gasteiger partial charge >= 0.3 is 0 Å². The van der Waals surface area contributed by atoms with Crippen molar-refractivity contribution < 1.29 is 9.59 Å². The highest BCUT2D eigenvalue weighted by molar-refractivity contribution is 6.03. The van der Waals surface area contributed by atoms with Gasteiger partial charge in [0, 0.05) is 23.8 Å². The third kappa shape index (κ3) is 2.13. The van der Waals surface area contributed by atoms with Crippen molar-refractivity contribution in [3.05, 3.63) is 35.9 Å². The summed E-state index contributed by atoms with van der Waals surface area (Å²) in [6.07, 6.45) is 6.38. The predicted octanol–water partition coefficient (Wildman–Crippen LogP) is 3.80. The Morgan fingerprint density at radius 2 is 1.89 bits per heavy atom. The lowest BCUT2D eigenvalue weighted by molar-refractivity contribution is -0.125. The Hall–Kier alpha value is -1.44. The van der Waals surface area contributed by atoms with Crippen molar-refractivity contribution in [1.82, 2.24) is 0 Å². The molecule has 0 radical (unpaired) electrons. The average Bonchev–Trinajstić information content (AvgIpc) is 2.47. The Kier molecular flexibility index (Phi) is 3.26. The molecule has 0 N–H and O–H groups in total. The summed E-state index contributed by atoms with van der Waals surface area (Å²) in [7, 11) is 0. The second kappa shape index (κ2) is 4.92. The maximum atomic E-state index is 12.9. The first-order chi connectivity index (χ1) is 9.22. The zero-order valence-electron chi connectivity index (χ0n) is 11.2. The van der Waals surface area contributed by atoms with Crippen molar-refractivity contribution in [2.75, 3.05) is 0 Å². The summed E-state index contributed by atoms with van der Waals surface area (Å²) in [5.41, 5.74) is 0.402. The molecule has 2 saturated carbocycles. The minimum atomic E-state index is -0.380. The van der Waals surface area contributed by atoms with Crippen LogP contribution in [-0.2, 0) is 4.79 Å². The summed E-state index contributed by atoms with van der Waals surface area (Å²) < 4.78 is 0. The number of hydrogen-bond acceptors (Lipinski definition) is 2. The standard InChI is InChI=1S/C17H20O2/c18-15-10-9-14-8-4-5-11-17(14,12-15)16(19)13-6-2-1-3-7-13/h1-3,6-7,14H,4-5,8-12H2/t14-,17-/m0/s1. The van der Waals surface area contributed by atoms with Crippen LogP contribution < -0.4 is 0 Å². The minimum Gasteiger partial charge on any atom is -0.300 e. The molecular weight excluding hydrogens is 236 g/mol. The van der Waals surface area contributed by atoms with Gasteiger partial charge in [0.05, 0.1) is 0 Å². The second-order valence-electron chi connectivity index (χ2n) is 6.05. The lowest BCUT2D eigenvalue weighted by Crippen LogP contribution is -2.45. The summed E-state index contributed by atoms with van der Waals surface area (Å²) >= 11 is 0. The molecule has 0 unspecified atom stereocenters. The first-order valence-electron chi connectivity index (χ1n) is 7.34. The molecule has 19 heavy (non-hydrogen) atoms. The molecule has 2 heteroatoms. The molecule has 2 fully saturated rings. The van der Waals surface area contributed by atoms with Crippen LogP contribution >= 0.6 is 0 Å². The largest absolute Gasteiger partial charge is 0.300 e. The van der Waals surface area contributed by atoms with Crippen LogP contribution in [0.3, 0.4) is 0 Å². The molecule has 0 bridgehead atoms. The van der Waals surface area contributed by atoms with Crippen LogP contribution in [-0.4, -0.2) is 11.6 Å². The van der Waals surface area contributed by atoms with Gasteiger partial charge in [-0.05, 0) is 25.2 Å². The van der Waals surface area contributed by atoms with E-state index < -0.39 is 0 Å². The van der Waals surface area contributed by atoms with E-state index in [0.717, 1.165) is 31.2 Å². The molecule has 2 aliphatic rings. The maximum absolute atomic E-state index is 12.9. The zero-order valence-corrected chi connectivity index (χ0v) is 11.2. The van der Waals surface area contributed by atoms with Gasteiger partial charge in [0.2, 0.25) is 0 Å². The van der Waals surface area contributed by atoms with Crippen LogP contribution in [0.2, 0.25) is 0 Å². The number of carbonyl (C=O) groups excluding carboxylic acids is 2. The molecule has 1 aromatic rings. The summed E-state index contributed by atoms with van der Waals surface area (Å²) in [5.74, 6) is 0.917. The molecule has 0 aliphatic heterocycles. The lowest BCUT2D eigenvalue weighted by atomic mass is 9.56. The first kappa shape index (κ1) is 12.6. The third-order valence-corrected chi connectivity index (χ3v) is 4.98. The van der Waals surface area contributed by atoms with Crippen LogP contribution in [0.25, 0.3) is 0 Å². The fraction of sp³-hybridized carbons (Fsp3) is 0.529. The van der Waals surface area contributed by atoms with E-state index in [0.29, 0.717) is 18.8 Å². The van der Waals surface area contributed by atoms with Gasteiger partial charge in [-0.15, -0.1) is 0 Å². The molecular formula is C17H20O2. The monoisotopic (exact) mass is 256 g/mol. The lowest BCUT2D eigenvalue weighted by Gasteiger charge is -2.45. The van der Waals surface area contributed by atoms with Crippen molar-refractivity contribution in [3.8, 4) is 0 Å². The van der Waals surface area contributed by atoms with Crippen molar-refractivity contribution in [1.29, 1.82) is 0 Å². The molecule has 1 aromatic carbocycles. The molecule has 0 amide bonds. The molecule has 2 aliphatic carbocycles. The molecule has 0 aromatic heterocycles. The van der Waals surface area contributed by atoms with Crippen molar-refractivity contribution in [3.63, 3.8) is 0 Å². The Bertz CT molecular complexity index is 491. The van der Waals surface area contributed by atoms with Gasteiger partial charge in [0.1, 0.15) is 5.78 Å². The molecule has 0 heterocycles. The first-order valence-corrected chi connectivity index (χ1v) is 7.34. The van der Waals surface area contributed by atoms with Crippen molar-refractivity contribution in [2.24, 2.45) is 11.3 Å². The minimum absolute atomic E-state index is 0.214. The van der Waals surface area contributed by atoms with E-state index in [-0.39, 0.29) is 17.0 Å². The predicted molar refractivity (Wildman–Crippen MR) is 74.0 cm³/mol. The van der Waals surface area contributed by atoms with E-state index in [2.05, 4.69) is 0 Å². The quantitative estimate of drug-likeness (QED) is 0.754. The molecule has 100 valence electrons. The fourth-order valence-corrected chi connectivity index (χ4v) is 4.00. The van der Waals surface area contributed by atoms with Gasteiger partial charge < -0.3 is 0 Å². The van der Waals surface area contributed by atoms with Crippen LogP contribution in [0.15, 0.2) is 30.3 Å². The van der Waals surface area contributed by atoms with E-state index in [1.807, 2.05) is 30.3 Å². The Labute approximate surface area is 114 Å². The topological polar surface area (TPSA) is 34.1 Å². The van der Waals surface area contributed by atoms with Crippen LogP contribution in [0, 0.1) is 11.3 Å². The van der Waals surface area contributed by atoms with E-state index in [4.69, 9.17) is 0 Å². The summed E-state index contributed by atoms with van der Waals surface area (Å²) in [6, 6.07) is 9.53. The highest BCUT2D eigenvalue weighted by Crippen LogP contribution is 2.51. The number of fused-ring (bicyclic) bond motifs is 1. The summed E-state index contributed by atoms with van der Waals surface area (Å²) in [4.78, 5) is 24.9. The third-order valence-electron chi connectivity index (χ3n) is 4.98. The highest BCUT2D eigenvalue weighted by Gasteiger charge is 2.50. The molecule has 2 atom stereocenters. The number of carbonyl (C=O) groups is 2. The zero-order chi connectivity index (χ0) is 13.3. The van der Waals surface area contributed by atoms with Gasteiger partial charge in [-0.2, -0.15) is 0 Å². The van der Waals surface area contributed by atoms with E-state index in [1.54, 1.807) is 0 Å². The SMILES string of the molecule is O=C1CC[C@@H]2CCCC[C@]2(C(=O)c2ccccc2)C1. The normalized spacial score (nSPS) is 30.7. The van der Waals surface area contributed by atoms with Gasteiger partial charge in [0.15, 0.2) is 5.78 Å². The number of benzene rings is 1. The van der Waals surface area contributed by atoms with Crippen molar-refractivity contribution in [2.45, 2.75) is 44.9 Å². The van der Waals surface area contributed by atoms with Crippen LogP contribution in [0.1, 0.15) is 55.3 Å². The molecule has 2 nitrogen and oxygen atoms in total. The summed E-state index contributed by atoms with van der Waals surface area (Å²) in [6.45, 7) is 0. The number of ketones is 2. The number of Topliss-reactive ketones (excluding diaryl/α,β-unsaturated/α-hetero) is 2. The van der Waals surface area contributed by atoms with Crippen molar-refractivity contribution >= 4 is 11.6 Å².